The van der Waals surface area contributed by atoms with Gasteiger partial charge in [-0.05, 0) is 20.0 Å². The molecular weight excluding hydrogens is 190 g/mol. The molecule has 0 fully saturated rings. The molecule has 0 aliphatic carbocycles. The molecule has 1 N–H and O–H groups in total. The van der Waals surface area contributed by atoms with Crippen molar-refractivity contribution in [3.63, 3.8) is 0 Å². The lowest BCUT2D eigenvalue weighted by Gasteiger charge is -2.05. The molecule has 0 aromatic carbocycles. The number of aryl methyl sites for hydroxylation is 1. The number of hydrogen-bond donors (Lipinski definition) is 1. The molecule has 0 bridgehead atoms. The Morgan fingerprint density at radius 3 is 2.93 bits per heavy atom. The molecule has 5 nitrogen and oxygen atoms in total. The van der Waals surface area contributed by atoms with Crippen LogP contribution in [-0.2, 0) is 6.54 Å². The minimum atomic E-state index is 0.609. The summed E-state index contributed by atoms with van der Waals surface area (Å²) in [5, 5.41) is 7.16. The third kappa shape index (κ3) is 2.02. The Balaban J connectivity index is 2.33. The summed E-state index contributed by atoms with van der Waals surface area (Å²) in [6.45, 7) is 2.76. The van der Waals surface area contributed by atoms with Crippen LogP contribution in [-0.4, -0.2) is 26.8 Å². The lowest BCUT2D eigenvalue weighted by molar-refractivity contribution is 0.763. The summed E-state index contributed by atoms with van der Waals surface area (Å²) in [4.78, 5) is 8.63. The third-order valence-corrected chi connectivity index (χ3v) is 2.14. The smallest absolute Gasteiger partial charge is 0.250 e. The third-order valence-electron chi connectivity index (χ3n) is 2.14. The molecule has 78 valence electrons. The summed E-state index contributed by atoms with van der Waals surface area (Å²) in [5.74, 6) is 0.609. The average molecular weight is 203 g/mol. The number of rotatable bonds is 3. The van der Waals surface area contributed by atoms with Crippen LogP contribution in [0.15, 0.2) is 24.7 Å². The summed E-state index contributed by atoms with van der Waals surface area (Å²) >= 11 is 0. The van der Waals surface area contributed by atoms with Gasteiger partial charge in [0.2, 0.25) is 0 Å². The fraction of sp³-hybridized carbons (Fsp3) is 0.300. The predicted molar refractivity (Wildman–Crippen MR) is 56.7 cm³/mol. The van der Waals surface area contributed by atoms with Crippen LogP contribution in [0, 0.1) is 6.92 Å². The van der Waals surface area contributed by atoms with Crippen LogP contribution < -0.4 is 5.32 Å². The van der Waals surface area contributed by atoms with Gasteiger partial charge >= 0.3 is 0 Å². The van der Waals surface area contributed by atoms with Crippen molar-refractivity contribution < 1.29 is 0 Å². The monoisotopic (exact) mass is 203 g/mol. The van der Waals surface area contributed by atoms with Crippen molar-refractivity contribution in [1.82, 2.24) is 25.1 Å². The SMILES string of the molecule is CNCc1cnc(-n2cccn2)nc1C. The Bertz CT molecular complexity index is 435. The molecule has 0 atom stereocenters. The first kappa shape index (κ1) is 9.79. The van der Waals surface area contributed by atoms with Crippen molar-refractivity contribution in [2.75, 3.05) is 7.05 Å². The van der Waals surface area contributed by atoms with E-state index in [-0.39, 0.29) is 0 Å². The molecule has 2 rings (SSSR count). The van der Waals surface area contributed by atoms with E-state index in [0.717, 1.165) is 17.8 Å². The topological polar surface area (TPSA) is 55.6 Å². The molecule has 0 saturated carbocycles. The first-order valence-corrected chi connectivity index (χ1v) is 4.78. The van der Waals surface area contributed by atoms with Crippen molar-refractivity contribution in [1.29, 1.82) is 0 Å². The molecule has 2 heterocycles. The Morgan fingerprint density at radius 1 is 1.47 bits per heavy atom. The maximum absolute atomic E-state index is 4.38. The summed E-state index contributed by atoms with van der Waals surface area (Å²) in [7, 11) is 1.90. The van der Waals surface area contributed by atoms with Gasteiger partial charge in [-0.15, -0.1) is 0 Å². The van der Waals surface area contributed by atoms with Gasteiger partial charge in [0, 0.05) is 36.4 Å². The van der Waals surface area contributed by atoms with Gasteiger partial charge in [-0.1, -0.05) is 0 Å². The van der Waals surface area contributed by atoms with E-state index < -0.39 is 0 Å². The molecule has 0 aliphatic heterocycles. The molecule has 2 aromatic rings. The summed E-state index contributed by atoms with van der Waals surface area (Å²) in [6, 6.07) is 1.85. The predicted octanol–water partition coefficient (Wildman–Crippen LogP) is 0.690. The highest BCUT2D eigenvalue weighted by atomic mass is 15.3. The number of hydrogen-bond acceptors (Lipinski definition) is 4. The van der Waals surface area contributed by atoms with Crippen LogP contribution in [0.3, 0.4) is 0 Å². The summed E-state index contributed by atoms with van der Waals surface area (Å²) in [5.41, 5.74) is 2.08. The van der Waals surface area contributed by atoms with E-state index in [4.69, 9.17) is 0 Å². The Morgan fingerprint density at radius 2 is 2.33 bits per heavy atom. The van der Waals surface area contributed by atoms with E-state index in [1.165, 1.54) is 0 Å². The van der Waals surface area contributed by atoms with Crippen LogP contribution in [0.2, 0.25) is 0 Å². The standard InChI is InChI=1S/C10H13N5/c1-8-9(6-11-2)7-12-10(14-8)15-5-3-4-13-15/h3-5,7,11H,6H2,1-2H3. The second-order valence-corrected chi connectivity index (χ2v) is 3.26. The quantitative estimate of drug-likeness (QED) is 0.797. The van der Waals surface area contributed by atoms with Crippen molar-refractivity contribution >= 4 is 0 Å². The molecule has 0 aliphatic rings. The van der Waals surface area contributed by atoms with Gasteiger partial charge < -0.3 is 5.32 Å². The largest absolute Gasteiger partial charge is 0.316 e. The van der Waals surface area contributed by atoms with Crippen LogP contribution in [0.1, 0.15) is 11.3 Å². The molecule has 15 heavy (non-hydrogen) atoms. The minimum Gasteiger partial charge on any atom is -0.316 e. The molecule has 0 unspecified atom stereocenters. The van der Waals surface area contributed by atoms with Crippen LogP contribution >= 0.6 is 0 Å². The lowest BCUT2D eigenvalue weighted by atomic mass is 10.2. The highest BCUT2D eigenvalue weighted by Crippen LogP contribution is 2.05. The molecular formula is C10H13N5. The van der Waals surface area contributed by atoms with Gasteiger partial charge in [0.05, 0.1) is 0 Å². The van der Waals surface area contributed by atoms with E-state index in [0.29, 0.717) is 5.95 Å². The maximum atomic E-state index is 4.38. The Labute approximate surface area is 88.2 Å². The van der Waals surface area contributed by atoms with Gasteiger partial charge in [-0.3, -0.25) is 0 Å². The minimum absolute atomic E-state index is 0.609. The van der Waals surface area contributed by atoms with Crippen molar-refractivity contribution in [3.05, 3.63) is 35.9 Å². The zero-order chi connectivity index (χ0) is 10.7. The van der Waals surface area contributed by atoms with Crippen LogP contribution in [0.4, 0.5) is 0 Å². The normalized spacial score (nSPS) is 10.5. The van der Waals surface area contributed by atoms with E-state index in [1.807, 2.05) is 32.4 Å². The number of nitrogens with one attached hydrogen (secondary N) is 1. The first-order valence-electron chi connectivity index (χ1n) is 4.78. The molecule has 5 heteroatoms. The second-order valence-electron chi connectivity index (χ2n) is 3.26. The van der Waals surface area contributed by atoms with Gasteiger partial charge in [0.1, 0.15) is 0 Å². The molecule has 0 spiro atoms. The highest BCUT2D eigenvalue weighted by molar-refractivity contribution is 5.21. The maximum Gasteiger partial charge on any atom is 0.250 e. The second kappa shape index (κ2) is 4.18. The van der Waals surface area contributed by atoms with Crippen molar-refractivity contribution in [3.8, 4) is 5.95 Å². The summed E-state index contributed by atoms with van der Waals surface area (Å²) in [6.07, 6.45) is 5.36. The number of aromatic nitrogens is 4. The van der Waals surface area contributed by atoms with Gasteiger partial charge in [0.25, 0.3) is 5.95 Å². The highest BCUT2D eigenvalue weighted by Gasteiger charge is 2.03. The Hall–Kier alpha value is -1.75. The van der Waals surface area contributed by atoms with E-state index >= 15 is 0 Å². The van der Waals surface area contributed by atoms with Gasteiger partial charge in [0.15, 0.2) is 0 Å². The van der Waals surface area contributed by atoms with Crippen LogP contribution in [0.5, 0.6) is 0 Å². The number of nitrogens with zero attached hydrogens (tertiary/aromatic N) is 4. The zero-order valence-electron chi connectivity index (χ0n) is 8.81. The zero-order valence-corrected chi connectivity index (χ0v) is 8.81. The van der Waals surface area contributed by atoms with Gasteiger partial charge in [-0.2, -0.15) is 5.10 Å². The van der Waals surface area contributed by atoms with Crippen molar-refractivity contribution in [2.45, 2.75) is 13.5 Å². The van der Waals surface area contributed by atoms with E-state index in [2.05, 4.69) is 20.4 Å². The van der Waals surface area contributed by atoms with Gasteiger partial charge in [-0.25, -0.2) is 14.6 Å². The first-order chi connectivity index (χ1) is 7.31. The average Bonchev–Trinajstić information content (AvgIpc) is 2.74. The summed E-state index contributed by atoms with van der Waals surface area (Å²) < 4.78 is 1.65. The van der Waals surface area contributed by atoms with Crippen molar-refractivity contribution in [2.24, 2.45) is 0 Å². The molecule has 0 radical (unpaired) electrons. The fourth-order valence-corrected chi connectivity index (χ4v) is 1.34. The van der Waals surface area contributed by atoms with E-state index in [9.17, 15) is 0 Å². The molecule has 0 saturated heterocycles. The lowest BCUT2D eigenvalue weighted by Crippen LogP contribution is -2.10. The van der Waals surface area contributed by atoms with E-state index in [1.54, 1.807) is 10.9 Å². The Kier molecular flexibility index (Phi) is 2.73. The molecule has 2 aromatic heterocycles. The fourth-order valence-electron chi connectivity index (χ4n) is 1.34. The van der Waals surface area contributed by atoms with Crippen LogP contribution in [0.25, 0.3) is 5.95 Å². The molecule has 0 amide bonds.